The molecule has 0 rings (SSSR count). The molecule has 0 heterocycles. The molecule has 0 saturated carbocycles. The number of hydrogen-bond acceptors (Lipinski definition) is 8. The molecule has 0 aliphatic heterocycles. The Kier molecular flexibility index (Phi) is 40.5. The highest BCUT2D eigenvalue weighted by Crippen LogP contribution is 2.43. The van der Waals surface area contributed by atoms with Crippen LogP contribution in [0.4, 0.5) is 0 Å². The summed E-state index contributed by atoms with van der Waals surface area (Å²) in [5.74, 6) is -0.839. The van der Waals surface area contributed by atoms with Crippen LogP contribution in [0.2, 0.25) is 0 Å². The molecule has 0 aromatic rings. The quantitative estimate of drug-likeness (QED) is 0.0268. The van der Waals surface area contributed by atoms with Crippen LogP contribution in [-0.4, -0.2) is 49.3 Å². The second-order valence-corrected chi connectivity index (χ2v) is 16.4. The Hall–Kier alpha value is -1.77. The lowest BCUT2D eigenvalue weighted by molar-refractivity contribution is -0.161. The number of phosphoric ester groups is 1. The van der Waals surface area contributed by atoms with Crippen molar-refractivity contribution in [1.29, 1.82) is 0 Å². The molecule has 0 radical (unpaired) electrons. The Bertz CT molecular complexity index is 1000. The monoisotopic (exact) mass is 798 g/mol. The molecule has 0 aliphatic rings. The van der Waals surface area contributed by atoms with Gasteiger partial charge in [0, 0.05) is 19.4 Å². The number of rotatable bonds is 42. The molecule has 0 spiro atoms. The summed E-state index contributed by atoms with van der Waals surface area (Å²) in [4.78, 5) is 34.9. The standard InChI is InChI=1S/C45H84NO8P/c1-3-5-7-9-11-13-15-17-19-21-23-25-27-29-31-33-35-37-44(47)51-41-43(42-53-55(49,50)52-40-39-46)54-45(48)38-36-34-32-30-28-26-24-22-20-18-16-14-12-10-8-6-4-2/h11,13,17-20,43H,3-10,12,14-16,21-42,46H2,1-2H3,(H,49,50)/b13-11-,19-17-,20-18-/t43-/m1/s1. The van der Waals surface area contributed by atoms with Crippen molar-refractivity contribution < 1.29 is 37.6 Å². The number of nitrogens with two attached hydrogens (primary N) is 1. The lowest BCUT2D eigenvalue weighted by Gasteiger charge is -2.19. The van der Waals surface area contributed by atoms with Crippen LogP contribution in [0.1, 0.15) is 206 Å². The molecular weight excluding hydrogens is 713 g/mol. The number of allylic oxidation sites excluding steroid dienone is 6. The van der Waals surface area contributed by atoms with E-state index < -0.39 is 26.5 Å². The van der Waals surface area contributed by atoms with Gasteiger partial charge in [0.1, 0.15) is 6.61 Å². The van der Waals surface area contributed by atoms with Crippen molar-refractivity contribution in [3.8, 4) is 0 Å². The van der Waals surface area contributed by atoms with Crippen LogP contribution in [0.15, 0.2) is 36.5 Å². The van der Waals surface area contributed by atoms with Gasteiger partial charge in [0.25, 0.3) is 0 Å². The van der Waals surface area contributed by atoms with E-state index in [0.29, 0.717) is 6.42 Å². The zero-order valence-corrected chi connectivity index (χ0v) is 36.3. The minimum Gasteiger partial charge on any atom is -0.462 e. The van der Waals surface area contributed by atoms with Crippen LogP contribution >= 0.6 is 7.82 Å². The number of carbonyl (C=O) groups excluding carboxylic acids is 2. The van der Waals surface area contributed by atoms with E-state index in [1.54, 1.807) is 0 Å². The molecular formula is C45H84NO8P. The van der Waals surface area contributed by atoms with Gasteiger partial charge in [-0.25, -0.2) is 4.57 Å². The molecule has 1 unspecified atom stereocenters. The van der Waals surface area contributed by atoms with Gasteiger partial charge in [-0.3, -0.25) is 18.6 Å². The van der Waals surface area contributed by atoms with Crippen LogP contribution < -0.4 is 5.73 Å². The fraction of sp³-hybridized carbons (Fsp3) is 0.822. The van der Waals surface area contributed by atoms with E-state index in [1.165, 1.54) is 109 Å². The van der Waals surface area contributed by atoms with Crippen LogP contribution in [0.5, 0.6) is 0 Å². The van der Waals surface area contributed by atoms with E-state index in [1.807, 2.05) is 0 Å². The predicted octanol–water partition coefficient (Wildman–Crippen LogP) is 12.9. The normalized spacial score (nSPS) is 13.6. The second-order valence-electron chi connectivity index (χ2n) is 14.9. The largest absolute Gasteiger partial charge is 0.472 e. The van der Waals surface area contributed by atoms with Gasteiger partial charge in [-0.15, -0.1) is 0 Å². The Balaban J connectivity index is 4.14. The van der Waals surface area contributed by atoms with E-state index in [2.05, 4.69) is 50.3 Å². The first-order valence-corrected chi connectivity index (χ1v) is 24.0. The van der Waals surface area contributed by atoms with Gasteiger partial charge in [0.2, 0.25) is 0 Å². The molecule has 9 nitrogen and oxygen atoms in total. The Morgan fingerprint density at radius 2 is 0.945 bits per heavy atom. The zero-order valence-electron chi connectivity index (χ0n) is 35.4. The first-order valence-electron chi connectivity index (χ1n) is 22.5. The fourth-order valence-electron chi connectivity index (χ4n) is 6.13. The van der Waals surface area contributed by atoms with Crippen LogP contribution in [0, 0.1) is 0 Å². The topological polar surface area (TPSA) is 134 Å². The highest BCUT2D eigenvalue weighted by Gasteiger charge is 2.26. The van der Waals surface area contributed by atoms with Crippen molar-refractivity contribution in [2.24, 2.45) is 5.73 Å². The molecule has 0 aliphatic carbocycles. The number of phosphoric acid groups is 1. The van der Waals surface area contributed by atoms with Crippen LogP contribution in [0.3, 0.4) is 0 Å². The first kappa shape index (κ1) is 53.2. The second kappa shape index (κ2) is 41.9. The highest BCUT2D eigenvalue weighted by molar-refractivity contribution is 7.47. The van der Waals surface area contributed by atoms with Gasteiger partial charge in [-0.1, -0.05) is 159 Å². The molecule has 3 N–H and O–H groups in total. The summed E-state index contributed by atoms with van der Waals surface area (Å²) >= 11 is 0. The first-order chi connectivity index (χ1) is 26.8. The summed E-state index contributed by atoms with van der Waals surface area (Å²) in [7, 11) is -4.38. The maximum atomic E-state index is 12.6. The summed E-state index contributed by atoms with van der Waals surface area (Å²) < 4.78 is 32.8. The zero-order chi connectivity index (χ0) is 40.3. The minimum atomic E-state index is -4.38. The predicted molar refractivity (Wildman–Crippen MR) is 229 cm³/mol. The lowest BCUT2D eigenvalue weighted by Crippen LogP contribution is -2.29. The minimum absolute atomic E-state index is 0.0514. The molecule has 0 aromatic carbocycles. The lowest BCUT2D eigenvalue weighted by atomic mass is 10.1. The number of carbonyl (C=O) groups is 2. The van der Waals surface area contributed by atoms with Gasteiger partial charge >= 0.3 is 19.8 Å². The van der Waals surface area contributed by atoms with Crippen LogP contribution in [-0.2, 0) is 32.7 Å². The van der Waals surface area contributed by atoms with E-state index in [-0.39, 0.29) is 38.6 Å². The molecule has 0 bridgehead atoms. The SMILES string of the molecule is CCCCC/C=C\C/C=C\CCCCCCCCCC(=O)OC[C@H](COP(=O)(O)OCCN)OC(=O)CCCCCCCCC/C=C\CCCCCCCC. The Morgan fingerprint density at radius 3 is 1.44 bits per heavy atom. The van der Waals surface area contributed by atoms with E-state index >= 15 is 0 Å². The third kappa shape index (κ3) is 41.7. The summed E-state index contributed by atoms with van der Waals surface area (Å²) in [5.41, 5.74) is 5.35. The average molecular weight is 798 g/mol. The molecule has 55 heavy (non-hydrogen) atoms. The van der Waals surface area contributed by atoms with Gasteiger partial charge in [0.05, 0.1) is 13.2 Å². The summed E-state index contributed by atoms with van der Waals surface area (Å²) in [6.45, 7) is 3.70. The average Bonchev–Trinajstić information content (AvgIpc) is 3.17. The number of unbranched alkanes of at least 4 members (excludes halogenated alkanes) is 23. The summed E-state index contributed by atoms with van der Waals surface area (Å²) in [6, 6.07) is 0. The number of ether oxygens (including phenoxy) is 2. The summed E-state index contributed by atoms with van der Waals surface area (Å²) in [5, 5.41) is 0. The van der Waals surface area contributed by atoms with Crippen LogP contribution in [0.25, 0.3) is 0 Å². The molecule has 0 saturated heterocycles. The van der Waals surface area contributed by atoms with Crippen molar-refractivity contribution in [2.45, 2.75) is 213 Å². The molecule has 2 atom stereocenters. The maximum absolute atomic E-state index is 12.6. The molecule has 0 aromatic heterocycles. The third-order valence-electron chi connectivity index (χ3n) is 9.50. The maximum Gasteiger partial charge on any atom is 0.472 e. The molecule has 0 amide bonds. The highest BCUT2D eigenvalue weighted by atomic mass is 31.2. The number of hydrogen-bond donors (Lipinski definition) is 2. The van der Waals surface area contributed by atoms with Gasteiger partial charge < -0.3 is 20.1 Å². The Morgan fingerprint density at radius 1 is 0.545 bits per heavy atom. The number of esters is 2. The van der Waals surface area contributed by atoms with E-state index in [9.17, 15) is 19.0 Å². The molecule has 322 valence electrons. The van der Waals surface area contributed by atoms with Crippen molar-refractivity contribution >= 4 is 19.8 Å². The van der Waals surface area contributed by atoms with E-state index in [0.717, 1.165) is 64.2 Å². The third-order valence-corrected chi connectivity index (χ3v) is 10.5. The smallest absolute Gasteiger partial charge is 0.462 e. The van der Waals surface area contributed by atoms with Gasteiger partial charge in [0.15, 0.2) is 6.10 Å². The van der Waals surface area contributed by atoms with Crippen molar-refractivity contribution in [3.05, 3.63) is 36.5 Å². The fourth-order valence-corrected chi connectivity index (χ4v) is 6.89. The van der Waals surface area contributed by atoms with Crippen molar-refractivity contribution in [1.82, 2.24) is 0 Å². The summed E-state index contributed by atoms with van der Waals surface area (Å²) in [6.07, 6.45) is 45.9. The molecule has 0 fully saturated rings. The Labute approximate surface area is 337 Å². The van der Waals surface area contributed by atoms with Gasteiger partial charge in [-0.2, -0.15) is 0 Å². The van der Waals surface area contributed by atoms with Crippen molar-refractivity contribution in [2.75, 3.05) is 26.4 Å². The molecule has 10 heteroatoms. The van der Waals surface area contributed by atoms with E-state index in [4.69, 9.17) is 24.3 Å². The van der Waals surface area contributed by atoms with Gasteiger partial charge in [-0.05, 0) is 70.6 Å². The van der Waals surface area contributed by atoms with Crippen molar-refractivity contribution in [3.63, 3.8) is 0 Å².